The number of halogens is 3. The minimum Gasteiger partial charge on any atom is -0.484 e. The number of cyclic esters (lactones) is 2. The molecule has 0 saturated carbocycles. The molecule has 0 unspecified atom stereocenters. The highest BCUT2D eigenvalue weighted by Gasteiger charge is 2.36. The number of nitrogens with one attached hydrogen (secondary N) is 2. The third kappa shape index (κ3) is 18.7. The highest BCUT2D eigenvalue weighted by Crippen LogP contribution is 2.31. The molecule has 8 rings (SSSR count). The van der Waals surface area contributed by atoms with Crippen LogP contribution in [0.5, 0.6) is 11.5 Å². The molecule has 21 nitrogen and oxygen atoms in total. The van der Waals surface area contributed by atoms with E-state index in [0.717, 1.165) is 30.5 Å². The number of amides is 6. The van der Waals surface area contributed by atoms with Crippen LogP contribution in [0.2, 0.25) is 0 Å². The van der Waals surface area contributed by atoms with Crippen molar-refractivity contribution >= 4 is 74.9 Å². The fourth-order valence-corrected chi connectivity index (χ4v) is 9.85. The molecule has 4 aromatic rings. The number of ether oxygens (including phenoxy) is 6. The van der Waals surface area contributed by atoms with Gasteiger partial charge >= 0.3 is 24.4 Å². The Bertz CT molecular complexity index is 2890. The molecule has 0 aliphatic carbocycles. The first kappa shape index (κ1) is 64.0. The van der Waals surface area contributed by atoms with Gasteiger partial charge in [-0.25, -0.2) is 28.0 Å². The predicted octanol–water partition coefficient (Wildman–Crippen LogP) is 8.54. The number of anilines is 4. The summed E-state index contributed by atoms with van der Waals surface area (Å²) in [4.78, 5) is 86.2. The molecule has 0 spiro atoms. The van der Waals surface area contributed by atoms with Crippen LogP contribution in [0.3, 0.4) is 0 Å². The van der Waals surface area contributed by atoms with Crippen LogP contribution in [0, 0.1) is 11.6 Å². The summed E-state index contributed by atoms with van der Waals surface area (Å²) < 4.78 is 62.8. The Balaban J connectivity index is 0.000000242. The molecule has 4 heterocycles. The van der Waals surface area contributed by atoms with E-state index in [2.05, 4.69) is 45.3 Å². The van der Waals surface area contributed by atoms with E-state index in [1.54, 1.807) is 75.6 Å². The maximum absolute atomic E-state index is 15.2. The van der Waals surface area contributed by atoms with Gasteiger partial charge in [0.2, 0.25) is 0 Å². The average molecular weight is 1240 g/mol. The Hall–Kier alpha value is -7.60. The number of piperazine rings is 2. The molecule has 4 saturated heterocycles. The molecule has 2 atom stereocenters. The van der Waals surface area contributed by atoms with Crippen molar-refractivity contribution < 1.29 is 66.0 Å². The molecule has 4 aliphatic rings. The number of hydrogen-bond donors (Lipinski definition) is 2. The molecule has 24 heteroatoms. The first-order valence-corrected chi connectivity index (χ1v) is 29.4. The van der Waals surface area contributed by atoms with Crippen LogP contribution in [0.4, 0.5) is 50.7 Å². The molecule has 4 aromatic carbocycles. The van der Waals surface area contributed by atoms with E-state index < -0.39 is 59.4 Å². The van der Waals surface area contributed by atoms with Crippen molar-refractivity contribution in [3.8, 4) is 11.5 Å². The number of benzene rings is 4. The summed E-state index contributed by atoms with van der Waals surface area (Å²) >= 11 is 3.40. The van der Waals surface area contributed by atoms with Crippen LogP contribution < -0.4 is 39.7 Å². The standard InChI is InChI=1S/C32H44FN5O6.C28H34BrFN4O6/c1-6-35(7-2)20-23-8-11-25(12-9-23)42-22-29(39)37-16-14-36(15-17-37)28-13-10-24(18-27(28)33)38-21-26(43-31(38)41)19-34-30(40)44-32(3,4)5;1-28(2,3)40-26(36)31-16-22-17-34(27(37)39-22)20-6-9-24(23(30)14-20)32-10-12-33(13-11-32)25(35)18-38-21-7-4-19(15-29)5-8-21/h8-13,18,26H,6-7,14-17,19-22H2,1-5H3,(H,34,40);4-9,14,22H,10-13,15-18H2,1-3H3,(H,31,36)/t26-;22-/m00/s1. The zero-order chi connectivity index (χ0) is 60.7. The summed E-state index contributed by atoms with van der Waals surface area (Å²) in [6.45, 7) is 21.7. The second kappa shape index (κ2) is 29.3. The van der Waals surface area contributed by atoms with Gasteiger partial charge in [-0.3, -0.25) is 24.3 Å². The summed E-state index contributed by atoms with van der Waals surface area (Å²) in [5, 5.41) is 5.93. The fourth-order valence-electron chi connectivity index (χ4n) is 9.48. The maximum Gasteiger partial charge on any atom is 0.414 e. The topological polar surface area (TPSA) is 205 Å². The van der Waals surface area contributed by atoms with E-state index in [9.17, 15) is 28.8 Å². The molecule has 0 radical (unpaired) electrons. The minimum absolute atomic E-state index is 0.0569. The van der Waals surface area contributed by atoms with Crippen molar-refractivity contribution in [3.05, 3.63) is 108 Å². The van der Waals surface area contributed by atoms with E-state index in [0.29, 0.717) is 86.6 Å². The number of carbonyl (C=O) groups is 6. The first-order valence-electron chi connectivity index (χ1n) is 28.2. The lowest BCUT2D eigenvalue weighted by molar-refractivity contribution is -0.134. The quantitative estimate of drug-likeness (QED) is 0.0667. The van der Waals surface area contributed by atoms with Gasteiger partial charge in [0.05, 0.1) is 48.9 Å². The fraction of sp³-hybridized carbons (Fsp3) is 0.500. The molecule has 456 valence electrons. The van der Waals surface area contributed by atoms with E-state index in [1.807, 2.05) is 58.3 Å². The van der Waals surface area contributed by atoms with Crippen LogP contribution in [0.1, 0.15) is 66.5 Å². The second-order valence-electron chi connectivity index (χ2n) is 22.5. The Morgan fingerprint density at radius 2 is 0.964 bits per heavy atom. The van der Waals surface area contributed by atoms with Gasteiger partial charge in [-0.2, -0.15) is 0 Å². The summed E-state index contributed by atoms with van der Waals surface area (Å²) in [5.41, 5.74) is 2.56. The Kier molecular flexibility index (Phi) is 22.3. The van der Waals surface area contributed by atoms with Gasteiger partial charge in [0, 0.05) is 64.2 Å². The lowest BCUT2D eigenvalue weighted by atomic mass is 10.2. The van der Waals surface area contributed by atoms with Crippen LogP contribution >= 0.6 is 15.9 Å². The van der Waals surface area contributed by atoms with Gasteiger partial charge in [-0.05, 0) is 126 Å². The number of carbonyl (C=O) groups excluding carboxylic acids is 6. The Morgan fingerprint density at radius 3 is 1.31 bits per heavy atom. The predicted molar refractivity (Wildman–Crippen MR) is 317 cm³/mol. The summed E-state index contributed by atoms with van der Waals surface area (Å²) in [5.74, 6) is 0.0920. The number of alkyl halides is 1. The number of alkyl carbamates (subject to hydrolysis) is 2. The zero-order valence-corrected chi connectivity index (χ0v) is 50.7. The normalized spacial score (nSPS) is 17.3. The highest BCUT2D eigenvalue weighted by atomic mass is 79.9. The van der Waals surface area contributed by atoms with Crippen molar-refractivity contribution in [2.45, 2.75) is 90.7 Å². The van der Waals surface area contributed by atoms with Gasteiger partial charge in [-0.15, -0.1) is 0 Å². The highest BCUT2D eigenvalue weighted by molar-refractivity contribution is 9.08. The van der Waals surface area contributed by atoms with Gasteiger partial charge in [0.15, 0.2) is 13.2 Å². The molecule has 84 heavy (non-hydrogen) atoms. The van der Waals surface area contributed by atoms with Crippen molar-refractivity contribution in [1.82, 2.24) is 25.3 Å². The molecule has 4 fully saturated rings. The summed E-state index contributed by atoms with van der Waals surface area (Å²) in [7, 11) is 0. The number of hydrogen-bond acceptors (Lipinski definition) is 15. The van der Waals surface area contributed by atoms with E-state index in [-0.39, 0.29) is 51.2 Å². The average Bonchev–Trinajstić information content (AvgIpc) is 3.48. The molecule has 2 N–H and O–H groups in total. The van der Waals surface area contributed by atoms with Gasteiger partial charge in [-0.1, -0.05) is 54.0 Å². The molecule has 0 bridgehead atoms. The van der Waals surface area contributed by atoms with Crippen molar-refractivity contribution in [2.75, 3.05) is 124 Å². The molecular weight excluding hydrogens is 1160 g/mol. The van der Waals surface area contributed by atoms with E-state index >= 15 is 8.78 Å². The third-order valence-corrected chi connectivity index (χ3v) is 14.6. The maximum atomic E-state index is 15.2. The van der Waals surface area contributed by atoms with Crippen molar-refractivity contribution in [1.29, 1.82) is 0 Å². The number of nitrogens with zero attached hydrogens (tertiary/aromatic N) is 7. The van der Waals surface area contributed by atoms with Crippen LogP contribution in [-0.2, 0) is 40.4 Å². The molecule has 6 amide bonds. The van der Waals surface area contributed by atoms with Crippen molar-refractivity contribution in [3.63, 3.8) is 0 Å². The SMILES string of the molecule is CC(C)(C)OC(=O)NC[C@H]1CN(c2ccc(N3CCN(C(=O)COc4ccc(CBr)cc4)CC3)c(F)c2)C(=O)O1.CCN(CC)Cc1ccc(OCC(=O)N2CCN(c3ccc(N4C[C@H](CNC(=O)OC(C)(C)C)OC4=O)cc3F)CC2)cc1. The van der Waals surface area contributed by atoms with Crippen LogP contribution in [0.15, 0.2) is 84.9 Å². The van der Waals surface area contributed by atoms with Crippen molar-refractivity contribution in [2.24, 2.45) is 0 Å². The monoisotopic (exact) mass is 1230 g/mol. The van der Waals surface area contributed by atoms with E-state index in [1.165, 1.54) is 27.5 Å². The smallest absolute Gasteiger partial charge is 0.414 e. The third-order valence-electron chi connectivity index (χ3n) is 14.0. The zero-order valence-electron chi connectivity index (χ0n) is 49.1. The lowest BCUT2D eigenvalue weighted by Crippen LogP contribution is -2.50. The second-order valence-corrected chi connectivity index (χ2v) is 23.0. The minimum atomic E-state index is -0.642. The Morgan fingerprint density at radius 1 is 0.583 bits per heavy atom. The van der Waals surface area contributed by atoms with Crippen LogP contribution in [0.25, 0.3) is 0 Å². The molecular formula is C60H78BrF2N9O12. The number of rotatable bonds is 19. The van der Waals surface area contributed by atoms with Crippen LogP contribution in [-0.4, -0.2) is 179 Å². The largest absolute Gasteiger partial charge is 0.484 e. The summed E-state index contributed by atoms with van der Waals surface area (Å²) in [6.07, 6.45) is -3.62. The lowest BCUT2D eigenvalue weighted by Gasteiger charge is -2.36. The molecule has 0 aromatic heterocycles. The Labute approximate surface area is 498 Å². The van der Waals surface area contributed by atoms with Gasteiger partial charge in [0.1, 0.15) is 46.5 Å². The first-order chi connectivity index (χ1) is 40.0. The van der Waals surface area contributed by atoms with Gasteiger partial charge < -0.3 is 58.7 Å². The summed E-state index contributed by atoms with van der Waals surface area (Å²) in [6, 6.07) is 24.5. The molecule has 4 aliphatic heterocycles. The van der Waals surface area contributed by atoms with E-state index in [4.69, 9.17) is 28.4 Å². The van der Waals surface area contributed by atoms with Gasteiger partial charge in [0.25, 0.3) is 11.8 Å².